The number of aryl methyl sites for hydroxylation is 1. The average Bonchev–Trinajstić information content (AvgIpc) is 2.79. The van der Waals surface area contributed by atoms with E-state index in [9.17, 15) is 9.90 Å². The molecule has 1 saturated heterocycles. The molecule has 1 aliphatic rings. The minimum absolute atomic E-state index is 0.258. The van der Waals surface area contributed by atoms with Gasteiger partial charge in [-0.05, 0) is 38.3 Å². The van der Waals surface area contributed by atoms with Gasteiger partial charge < -0.3 is 10.2 Å². The van der Waals surface area contributed by atoms with Crippen LogP contribution in [0.5, 0.6) is 5.75 Å². The Hall–Kier alpha value is -1.55. The Labute approximate surface area is 113 Å². The molecule has 1 aliphatic heterocycles. The third-order valence-corrected chi connectivity index (χ3v) is 3.77. The standard InChI is InChI=1S/C15H21NO3/c1-11-2-4-14(17)13(8-11)10-16-7-6-12(9-16)3-5-15(18)19/h2,4,8,12,17H,3,5-7,9-10H2,1H3,(H,18,19). The van der Waals surface area contributed by atoms with E-state index in [1.54, 1.807) is 6.07 Å². The molecule has 0 aliphatic carbocycles. The number of nitrogens with zero attached hydrogens (tertiary/aromatic N) is 1. The summed E-state index contributed by atoms with van der Waals surface area (Å²) in [6.07, 6.45) is 2.07. The smallest absolute Gasteiger partial charge is 0.303 e. The molecule has 1 fully saturated rings. The fourth-order valence-electron chi connectivity index (χ4n) is 2.70. The zero-order valence-electron chi connectivity index (χ0n) is 11.3. The van der Waals surface area contributed by atoms with Crippen LogP contribution in [0.25, 0.3) is 0 Å². The predicted octanol–water partition coefficient (Wildman–Crippen LogP) is 2.39. The largest absolute Gasteiger partial charge is 0.508 e. The quantitative estimate of drug-likeness (QED) is 0.856. The summed E-state index contributed by atoms with van der Waals surface area (Å²) >= 11 is 0. The van der Waals surface area contributed by atoms with E-state index in [-0.39, 0.29) is 6.42 Å². The number of aromatic hydroxyl groups is 1. The highest BCUT2D eigenvalue weighted by Crippen LogP contribution is 2.26. The highest BCUT2D eigenvalue weighted by atomic mass is 16.4. The predicted molar refractivity (Wildman–Crippen MR) is 73.1 cm³/mol. The second kappa shape index (κ2) is 6.06. The Bertz CT molecular complexity index is 459. The highest BCUT2D eigenvalue weighted by molar-refractivity contribution is 5.66. The van der Waals surface area contributed by atoms with E-state index >= 15 is 0 Å². The average molecular weight is 263 g/mol. The Morgan fingerprint density at radius 1 is 1.47 bits per heavy atom. The van der Waals surface area contributed by atoms with Crippen LogP contribution in [-0.2, 0) is 11.3 Å². The first-order valence-electron chi connectivity index (χ1n) is 6.77. The number of carbonyl (C=O) groups is 1. The van der Waals surface area contributed by atoms with Crippen molar-refractivity contribution in [3.8, 4) is 5.75 Å². The highest BCUT2D eigenvalue weighted by Gasteiger charge is 2.23. The molecule has 1 aromatic rings. The van der Waals surface area contributed by atoms with Crippen molar-refractivity contribution in [1.82, 2.24) is 4.90 Å². The van der Waals surface area contributed by atoms with Crippen molar-refractivity contribution in [2.45, 2.75) is 32.7 Å². The fourth-order valence-corrected chi connectivity index (χ4v) is 2.70. The molecule has 1 unspecified atom stereocenters. The van der Waals surface area contributed by atoms with Crippen LogP contribution in [0.1, 0.15) is 30.4 Å². The van der Waals surface area contributed by atoms with Gasteiger partial charge in [0.05, 0.1) is 0 Å². The maximum atomic E-state index is 10.6. The molecule has 2 rings (SSSR count). The lowest BCUT2D eigenvalue weighted by Crippen LogP contribution is -2.20. The molecule has 0 aromatic heterocycles. The summed E-state index contributed by atoms with van der Waals surface area (Å²) in [7, 11) is 0. The number of hydrogen-bond acceptors (Lipinski definition) is 3. The third kappa shape index (κ3) is 3.96. The summed E-state index contributed by atoms with van der Waals surface area (Å²) < 4.78 is 0. The first-order valence-corrected chi connectivity index (χ1v) is 6.77. The Morgan fingerprint density at radius 2 is 2.26 bits per heavy atom. The monoisotopic (exact) mass is 263 g/mol. The second-order valence-corrected chi connectivity index (χ2v) is 5.45. The molecule has 0 saturated carbocycles. The molecule has 104 valence electrons. The van der Waals surface area contributed by atoms with Crippen LogP contribution in [0.3, 0.4) is 0 Å². The van der Waals surface area contributed by atoms with Crippen LogP contribution in [0.2, 0.25) is 0 Å². The minimum atomic E-state index is -0.713. The van der Waals surface area contributed by atoms with E-state index < -0.39 is 5.97 Å². The van der Waals surface area contributed by atoms with Crippen LogP contribution in [0, 0.1) is 12.8 Å². The van der Waals surface area contributed by atoms with Crippen LogP contribution in [0.4, 0.5) is 0 Å². The third-order valence-electron chi connectivity index (χ3n) is 3.77. The molecule has 19 heavy (non-hydrogen) atoms. The molecule has 1 atom stereocenters. The lowest BCUT2D eigenvalue weighted by molar-refractivity contribution is -0.137. The van der Waals surface area contributed by atoms with E-state index in [4.69, 9.17) is 5.11 Å². The van der Waals surface area contributed by atoms with Crippen molar-refractivity contribution in [3.05, 3.63) is 29.3 Å². The van der Waals surface area contributed by atoms with Gasteiger partial charge in [0.2, 0.25) is 0 Å². The zero-order valence-corrected chi connectivity index (χ0v) is 11.3. The molecular weight excluding hydrogens is 242 g/mol. The van der Waals surface area contributed by atoms with Gasteiger partial charge in [0.25, 0.3) is 0 Å². The first kappa shape index (κ1) is 13.9. The number of carboxylic acids is 1. The normalized spacial score (nSPS) is 19.7. The number of hydrogen-bond donors (Lipinski definition) is 2. The van der Waals surface area contributed by atoms with Gasteiger partial charge in [-0.25, -0.2) is 0 Å². The van der Waals surface area contributed by atoms with E-state index in [1.165, 1.54) is 0 Å². The maximum absolute atomic E-state index is 10.6. The van der Waals surface area contributed by atoms with E-state index in [0.29, 0.717) is 11.7 Å². The van der Waals surface area contributed by atoms with Gasteiger partial charge in [0.15, 0.2) is 0 Å². The molecular formula is C15H21NO3. The second-order valence-electron chi connectivity index (χ2n) is 5.45. The maximum Gasteiger partial charge on any atom is 0.303 e. The summed E-state index contributed by atoms with van der Waals surface area (Å²) in [5, 5.41) is 18.5. The van der Waals surface area contributed by atoms with E-state index in [0.717, 1.165) is 43.6 Å². The van der Waals surface area contributed by atoms with Crippen molar-refractivity contribution in [2.75, 3.05) is 13.1 Å². The summed E-state index contributed by atoms with van der Waals surface area (Å²) in [6.45, 7) is 4.68. The topological polar surface area (TPSA) is 60.8 Å². The number of phenols is 1. The number of benzene rings is 1. The van der Waals surface area contributed by atoms with Crippen molar-refractivity contribution in [3.63, 3.8) is 0 Å². The number of rotatable bonds is 5. The molecule has 2 N–H and O–H groups in total. The van der Waals surface area contributed by atoms with Gasteiger partial charge >= 0.3 is 5.97 Å². The van der Waals surface area contributed by atoms with Gasteiger partial charge in [-0.2, -0.15) is 0 Å². The summed E-state index contributed by atoms with van der Waals surface area (Å²) in [4.78, 5) is 12.9. The molecule has 1 aromatic carbocycles. The number of aliphatic carboxylic acids is 1. The Morgan fingerprint density at radius 3 is 3.00 bits per heavy atom. The van der Waals surface area contributed by atoms with Gasteiger partial charge in [0, 0.05) is 25.1 Å². The Kier molecular flexibility index (Phi) is 4.43. The number of phenolic OH excluding ortho intramolecular Hbond substituents is 1. The number of likely N-dealkylation sites (tertiary alicyclic amines) is 1. The molecule has 0 amide bonds. The van der Waals surface area contributed by atoms with Crippen molar-refractivity contribution < 1.29 is 15.0 Å². The van der Waals surface area contributed by atoms with Crippen molar-refractivity contribution >= 4 is 5.97 Å². The van der Waals surface area contributed by atoms with Crippen LogP contribution in [0.15, 0.2) is 18.2 Å². The first-order chi connectivity index (χ1) is 9.04. The summed E-state index contributed by atoms with van der Waals surface area (Å²) in [6, 6.07) is 5.65. The lowest BCUT2D eigenvalue weighted by Gasteiger charge is -2.17. The molecule has 4 heteroatoms. The molecule has 0 radical (unpaired) electrons. The molecule has 4 nitrogen and oxygen atoms in total. The van der Waals surface area contributed by atoms with Crippen molar-refractivity contribution in [1.29, 1.82) is 0 Å². The fraction of sp³-hybridized carbons (Fsp3) is 0.533. The Balaban J connectivity index is 1.87. The van der Waals surface area contributed by atoms with Crippen molar-refractivity contribution in [2.24, 2.45) is 5.92 Å². The van der Waals surface area contributed by atoms with E-state index in [2.05, 4.69) is 4.90 Å². The SMILES string of the molecule is Cc1ccc(O)c(CN2CCC(CCC(=O)O)C2)c1. The van der Waals surface area contributed by atoms with Crippen LogP contribution in [-0.4, -0.2) is 34.2 Å². The van der Waals surface area contributed by atoms with Crippen LogP contribution < -0.4 is 0 Å². The van der Waals surface area contributed by atoms with Crippen LogP contribution >= 0.6 is 0 Å². The molecule has 0 bridgehead atoms. The van der Waals surface area contributed by atoms with Gasteiger partial charge in [0.1, 0.15) is 5.75 Å². The molecule has 1 heterocycles. The van der Waals surface area contributed by atoms with E-state index in [1.807, 2.05) is 19.1 Å². The zero-order chi connectivity index (χ0) is 13.8. The van der Waals surface area contributed by atoms with Gasteiger partial charge in [-0.3, -0.25) is 9.69 Å². The molecule has 0 spiro atoms. The van der Waals surface area contributed by atoms with Gasteiger partial charge in [-0.15, -0.1) is 0 Å². The summed E-state index contributed by atoms with van der Waals surface area (Å²) in [5.74, 6) is 0.109. The summed E-state index contributed by atoms with van der Waals surface area (Å²) in [5.41, 5.74) is 2.10. The van der Waals surface area contributed by atoms with Gasteiger partial charge in [-0.1, -0.05) is 17.7 Å². The lowest BCUT2D eigenvalue weighted by atomic mass is 10.0. The minimum Gasteiger partial charge on any atom is -0.508 e. The number of carboxylic acid groups (broad SMARTS) is 1.